The van der Waals surface area contributed by atoms with Crippen LogP contribution < -0.4 is 4.74 Å². The Balaban J connectivity index is 1.22. The summed E-state index contributed by atoms with van der Waals surface area (Å²) in [7, 11) is 0. The maximum atomic E-state index is 15.1. The minimum atomic E-state index is -0.942. The molecule has 53 heavy (non-hydrogen) atoms. The van der Waals surface area contributed by atoms with Crippen LogP contribution in [0, 0.1) is 62.6 Å². The number of rotatable bonds is 2. The van der Waals surface area contributed by atoms with Crippen molar-refractivity contribution >= 4 is 27.5 Å². The molecule has 0 aromatic heterocycles. The summed E-state index contributed by atoms with van der Waals surface area (Å²) in [6.45, 7) is 15.7. The molecule has 13 atom stereocenters. The van der Waals surface area contributed by atoms with Crippen LogP contribution in [0.2, 0.25) is 0 Å². The molecule has 8 rings (SSSR count). The fraction of sp³-hybridized carbons (Fsp3) is 0.659. The predicted octanol–water partition coefficient (Wildman–Crippen LogP) is 7.76. The van der Waals surface area contributed by atoms with Crippen LogP contribution in [0.15, 0.2) is 30.3 Å². The number of phenolic OH excluding ortho intramolecular Hbond substituents is 4. The van der Waals surface area contributed by atoms with E-state index in [1.165, 1.54) is 18.2 Å². The molecule has 5 aliphatic carbocycles. The monoisotopic (exact) mass is 730 g/mol. The van der Waals surface area contributed by atoms with E-state index in [1.807, 2.05) is 0 Å². The van der Waals surface area contributed by atoms with Crippen LogP contribution >= 0.6 is 0 Å². The summed E-state index contributed by atoms with van der Waals surface area (Å²) in [5, 5.41) is 79.6. The van der Waals surface area contributed by atoms with Crippen molar-refractivity contribution in [3.8, 4) is 28.7 Å². The van der Waals surface area contributed by atoms with Gasteiger partial charge in [0.05, 0.1) is 34.5 Å². The van der Waals surface area contributed by atoms with Crippen LogP contribution in [0.1, 0.15) is 99.8 Å². The first-order chi connectivity index (χ1) is 24.7. The lowest BCUT2D eigenvalue weighted by atomic mass is 9.30. The van der Waals surface area contributed by atoms with E-state index in [0.29, 0.717) is 38.0 Å². The number of aliphatic hydroxyl groups is 3. The molecule has 7 N–H and O–H groups in total. The lowest BCUT2D eigenvalue weighted by Crippen LogP contribution is -2.72. The fourth-order valence-corrected chi connectivity index (χ4v) is 14.3. The van der Waals surface area contributed by atoms with Gasteiger partial charge in [0, 0.05) is 16.8 Å². The summed E-state index contributed by atoms with van der Waals surface area (Å²) in [5.41, 5.74) is -2.22. The van der Waals surface area contributed by atoms with Gasteiger partial charge in [-0.1, -0.05) is 60.6 Å². The largest absolute Gasteiger partial charge is 0.508 e. The molecular formula is C44H58O9. The van der Waals surface area contributed by atoms with Crippen LogP contribution in [-0.4, -0.2) is 60.0 Å². The first-order valence-corrected chi connectivity index (χ1v) is 19.8. The molecule has 0 saturated heterocycles. The first kappa shape index (κ1) is 36.7. The number of ether oxygens (including phenoxy) is 1. The van der Waals surface area contributed by atoms with Gasteiger partial charge in [0.15, 0.2) is 0 Å². The standard InChI is InChI=1S/C44H58O9/c1-21-11-14-44(39(52)53-29-18-23(45)17-25-33(29)37(50)32-24(36(25)49)9-8-10-26(32)46)16-15-43(7)35(34(44)22(21)2)27(47)19-31-41(5)20-28(48)38(51)40(3,4)30(41)12-13-42(31,43)6/h8-10,17-18,21-22,27-28,30-31,34-35,38,45-51H,11-16,19-20H2,1-7H3. The van der Waals surface area contributed by atoms with Gasteiger partial charge in [0.25, 0.3) is 0 Å². The quantitative estimate of drug-likeness (QED) is 0.0603. The van der Waals surface area contributed by atoms with Crippen LogP contribution in [0.3, 0.4) is 0 Å². The van der Waals surface area contributed by atoms with E-state index < -0.39 is 35.1 Å². The van der Waals surface area contributed by atoms with Crippen molar-refractivity contribution in [2.75, 3.05) is 0 Å². The van der Waals surface area contributed by atoms with Crippen molar-refractivity contribution in [2.24, 2.45) is 62.6 Å². The Labute approximate surface area is 312 Å². The number of esters is 1. The van der Waals surface area contributed by atoms with Gasteiger partial charge in [0.1, 0.15) is 28.7 Å². The highest BCUT2D eigenvalue weighted by Gasteiger charge is 2.74. The summed E-state index contributed by atoms with van der Waals surface area (Å²) in [6, 6.07) is 7.09. The molecule has 5 saturated carbocycles. The third-order valence-electron chi connectivity index (χ3n) is 17.3. The fourth-order valence-electron chi connectivity index (χ4n) is 14.3. The number of carbonyl (C=O) groups excluding carboxylic acids is 1. The van der Waals surface area contributed by atoms with E-state index in [-0.39, 0.29) is 96.1 Å². The van der Waals surface area contributed by atoms with Gasteiger partial charge in [-0.25, -0.2) is 0 Å². The number of carbonyl (C=O) groups is 1. The molecule has 0 aliphatic heterocycles. The lowest BCUT2D eigenvalue weighted by Gasteiger charge is -2.74. The molecular weight excluding hydrogens is 672 g/mol. The van der Waals surface area contributed by atoms with Crippen molar-refractivity contribution < 1.29 is 45.3 Å². The summed E-state index contributed by atoms with van der Waals surface area (Å²) < 4.78 is 6.34. The second-order valence-electron chi connectivity index (χ2n) is 19.6. The Bertz CT molecular complexity index is 2010. The zero-order valence-electron chi connectivity index (χ0n) is 32.2. The van der Waals surface area contributed by atoms with Crippen LogP contribution in [0.4, 0.5) is 0 Å². The highest BCUT2D eigenvalue weighted by molar-refractivity contribution is 6.15. The maximum absolute atomic E-state index is 15.1. The van der Waals surface area contributed by atoms with Gasteiger partial charge in [-0.15, -0.1) is 0 Å². The molecule has 288 valence electrons. The molecule has 5 fully saturated rings. The molecule has 5 aliphatic rings. The number of hydrogen-bond donors (Lipinski definition) is 7. The average Bonchev–Trinajstić information content (AvgIpc) is 3.08. The van der Waals surface area contributed by atoms with Crippen molar-refractivity contribution in [1.29, 1.82) is 0 Å². The predicted molar refractivity (Wildman–Crippen MR) is 202 cm³/mol. The molecule has 0 radical (unpaired) electrons. The smallest absolute Gasteiger partial charge is 0.317 e. The summed E-state index contributed by atoms with van der Waals surface area (Å²) in [6.07, 6.45) is 3.25. The molecule has 9 heteroatoms. The zero-order chi connectivity index (χ0) is 38.4. The third-order valence-corrected chi connectivity index (χ3v) is 17.3. The number of hydrogen-bond acceptors (Lipinski definition) is 9. The van der Waals surface area contributed by atoms with Crippen LogP contribution in [0.25, 0.3) is 21.5 Å². The van der Waals surface area contributed by atoms with Crippen molar-refractivity contribution in [1.82, 2.24) is 0 Å². The van der Waals surface area contributed by atoms with E-state index in [4.69, 9.17) is 4.74 Å². The van der Waals surface area contributed by atoms with Gasteiger partial charge in [-0.3, -0.25) is 4.79 Å². The van der Waals surface area contributed by atoms with Gasteiger partial charge in [0.2, 0.25) is 0 Å². The molecule has 0 bridgehead atoms. The van der Waals surface area contributed by atoms with Crippen molar-refractivity contribution in [3.05, 3.63) is 30.3 Å². The van der Waals surface area contributed by atoms with Crippen molar-refractivity contribution in [2.45, 2.75) is 118 Å². The normalized spacial score (nSPS) is 43.3. The van der Waals surface area contributed by atoms with E-state index in [9.17, 15) is 35.7 Å². The summed E-state index contributed by atoms with van der Waals surface area (Å²) in [4.78, 5) is 15.1. The maximum Gasteiger partial charge on any atom is 0.317 e. The topological polar surface area (TPSA) is 168 Å². The number of fused-ring (bicyclic) bond motifs is 9. The van der Waals surface area contributed by atoms with Gasteiger partial charge < -0.3 is 40.5 Å². The highest BCUT2D eigenvalue weighted by Crippen LogP contribution is 2.77. The lowest BCUT2D eigenvalue weighted by molar-refractivity contribution is -0.290. The zero-order valence-corrected chi connectivity index (χ0v) is 32.2. The molecule has 0 amide bonds. The van der Waals surface area contributed by atoms with Crippen LogP contribution in [0.5, 0.6) is 28.7 Å². The van der Waals surface area contributed by atoms with E-state index in [2.05, 4.69) is 48.5 Å². The Morgan fingerprint density at radius 1 is 0.755 bits per heavy atom. The molecule has 3 aromatic carbocycles. The van der Waals surface area contributed by atoms with Gasteiger partial charge in [-0.05, 0) is 121 Å². The second kappa shape index (κ2) is 11.6. The minimum Gasteiger partial charge on any atom is -0.508 e. The van der Waals surface area contributed by atoms with Gasteiger partial charge >= 0.3 is 5.97 Å². The Hall–Kier alpha value is -3.27. The van der Waals surface area contributed by atoms with Crippen molar-refractivity contribution in [3.63, 3.8) is 0 Å². The third kappa shape index (κ3) is 4.62. The molecule has 0 spiro atoms. The Kier molecular flexibility index (Phi) is 8.05. The Morgan fingerprint density at radius 2 is 1.47 bits per heavy atom. The summed E-state index contributed by atoms with van der Waals surface area (Å²) in [5.74, 6) is -1.39. The van der Waals surface area contributed by atoms with Crippen LogP contribution in [-0.2, 0) is 4.79 Å². The van der Waals surface area contributed by atoms with E-state index in [1.54, 1.807) is 12.1 Å². The van der Waals surface area contributed by atoms with E-state index in [0.717, 1.165) is 19.3 Å². The molecule has 9 nitrogen and oxygen atoms in total. The molecule has 13 unspecified atom stereocenters. The van der Waals surface area contributed by atoms with Gasteiger partial charge in [-0.2, -0.15) is 0 Å². The number of aliphatic hydroxyl groups excluding tert-OH is 3. The average molecular weight is 731 g/mol. The molecule has 3 aromatic rings. The molecule has 0 heterocycles. The van der Waals surface area contributed by atoms with E-state index >= 15 is 4.79 Å². The first-order valence-electron chi connectivity index (χ1n) is 19.8. The summed E-state index contributed by atoms with van der Waals surface area (Å²) >= 11 is 0. The second-order valence-corrected chi connectivity index (χ2v) is 19.6. The highest BCUT2D eigenvalue weighted by atomic mass is 16.5. The minimum absolute atomic E-state index is 0.0185. The number of phenols is 4. The SMILES string of the molecule is CC1CCC2(C(=O)Oc3cc(O)cc4c(O)c5cccc(O)c5c(O)c34)CCC3(C)C(C(O)CC4C5(C)CC(O)C(O)C(C)(C)C5CCC43C)C2C1C. The number of aromatic hydroxyl groups is 4. The Morgan fingerprint density at radius 3 is 2.19 bits per heavy atom. The number of benzene rings is 3.